The summed E-state index contributed by atoms with van der Waals surface area (Å²) in [6.45, 7) is 0.380. The third-order valence-electron chi connectivity index (χ3n) is 2.95. The molecule has 1 aromatic heterocycles. The lowest BCUT2D eigenvalue weighted by atomic mass is 9.99. The van der Waals surface area contributed by atoms with Gasteiger partial charge in [-0.1, -0.05) is 34.0 Å². The number of halogens is 1. The molecule has 0 atom stereocenters. The van der Waals surface area contributed by atoms with Crippen molar-refractivity contribution in [3.05, 3.63) is 46.2 Å². The average molecular weight is 278 g/mol. The summed E-state index contributed by atoms with van der Waals surface area (Å²) in [5.41, 5.74) is 3.35. The lowest BCUT2D eigenvalue weighted by molar-refractivity contribution is 0.130. The smallest absolute Gasteiger partial charge is 0.155 e. The zero-order chi connectivity index (χ0) is 13.1. The van der Waals surface area contributed by atoms with E-state index >= 15 is 0 Å². The molecule has 98 valence electrons. The lowest BCUT2D eigenvalue weighted by Gasteiger charge is -2.09. The van der Waals surface area contributed by atoms with Crippen LogP contribution >= 0.6 is 11.6 Å². The van der Waals surface area contributed by atoms with Gasteiger partial charge in [-0.15, -0.1) is 0 Å². The van der Waals surface area contributed by atoms with E-state index in [9.17, 15) is 0 Å². The maximum atomic E-state index is 5.90. The van der Waals surface area contributed by atoms with Crippen LogP contribution in [0.25, 0.3) is 0 Å². The van der Waals surface area contributed by atoms with Crippen molar-refractivity contribution in [1.82, 2.24) is 10.3 Å². The fraction of sp³-hybridized carbons (Fsp3) is 0.308. The molecule has 1 aliphatic carbocycles. The van der Waals surface area contributed by atoms with Gasteiger partial charge >= 0.3 is 0 Å². The van der Waals surface area contributed by atoms with Gasteiger partial charge in [-0.05, 0) is 42.1 Å². The number of nitrogens with zero attached hydrogens (tertiary/aromatic N) is 3. The molecule has 0 unspecified atom stereocenters. The monoisotopic (exact) mass is 277 g/mol. The Hall–Kier alpha value is -1.88. The van der Waals surface area contributed by atoms with E-state index in [0.29, 0.717) is 11.6 Å². The Kier molecular flexibility index (Phi) is 3.46. The van der Waals surface area contributed by atoms with Gasteiger partial charge in [-0.3, -0.25) is 0 Å². The first-order valence-electron chi connectivity index (χ1n) is 6.08. The minimum absolute atomic E-state index is 0.380. The molecule has 1 aromatic carbocycles. The van der Waals surface area contributed by atoms with Crippen LogP contribution in [0.5, 0.6) is 0 Å². The first-order valence-corrected chi connectivity index (χ1v) is 6.46. The minimum Gasteiger partial charge on any atom is -0.391 e. The topological polar surface area (TPSA) is 60.5 Å². The molecule has 5 nitrogen and oxygen atoms in total. The number of rotatable bonds is 3. The molecule has 0 spiro atoms. The number of hydrogen-bond acceptors (Lipinski definition) is 5. The van der Waals surface area contributed by atoms with Crippen LogP contribution in [0.15, 0.2) is 34.1 Å². The molecule has 0 bridgehead atoms. The van der Waals surface area contributed by atoms with Crippen molar-refractivity contribution in [1.29, 1.82) is 0 Å². The first kappa shape index (κ1) is 12.2. The SMILES string of the molecule is Clc1cccc(CON=C2CCCc3nonc32)c1. The van der Waals surface area contributed by atoms with Crippen molar-refractivity contribution in [2.75, 3.05) is 0 Å². The Morgan fingerprint density at radius 2 is 2.26 bits per heavy atom. The summed E-state index contributed by atoms with van der Waals surface area (Å²) in [4.78, 5) is 5.36. The standard InChI is InChI=1S/C13H12ClN3O2/c14-10-4-1-3-9(7-10)8-18-15-11-5-2-6-12-13(11)17-19-16-12/h1,3-4,7H,2,5-6,8H2. The van der Waals surface area contributed by atoms with Gasteiger partial charge in [0.05, 0.1) is 0 Å². The predicted molar refractivity (Wildman–Crippen MR) is 70.0 cm³/mol. The number of benzene rings is 1. The van der Waals surface area contributed by atoms with E-state index in [1.54, 1.807) is 0 Å². The summed E-state index contributed by atoms with van der Waals surface area (Å²) in [7, 11) is 0. The molecule has 0 saturated heterocycles. The fourth-order valence-electron chi connectivity index (χ4n) is 2.03. The molecule has 0 amide bonds. The van der Waals surface area contributed by atoms with Gasteiger partial charge in [0.15, 0.2) is 5.69 Å². The Balaban J connectivity index is 1.68. The molecule has 0 fully saturated rings. The molecule has 0 aliphatic heterocycles. The summed E-state index contributed by atoms with van der Waals surface area (Å²) < 4.78 is 4.72. The van der Waals surface area contributed by atoms with E-state index in [-0.39, 0.29) is 0 Å². The third-order valence-corrected chi connectivity index (χ3v) is 3.19. The van der Waals surface area contributed by atoms with Gasteiger partial charge in [0, 0.05) is 5.02 Å². The van der Waals surface area contributed by atoms with Crippen LogP contribution in [-0.4, -0.2) is 16.0 Å². The van der Waals surface area contributed by atoms with E-state index in [1.807, 2.05) is 24.3 Å². The Morgan fingerprint density at radius 3 is 3.16 bits per heavy atom. The Bertz CT molecular complexity index is 609. The molecule has 6 heteroatoms. The molecule has 1 aliphatic rings. The quantitative estimate of drug-likeness (QED) is 0.809. The zero-order valence-corrected chi connectivity index (χ0v) is 10.9. The van der Waals surface area contributed by atoms with Crippen LogP contribution in [0.3, 0.4) is 0 Å². The van der Waals surface area contributed by atoms with Crippen molar-refractivity contribution >= 4 is 17.3 Å². The number of aromatic nitrogens is 2. The largest absolute Gasteiger partial charge is 0.391 e. The van der Waals surface area contributed by atoms with E-state index in [1.165, 1.54) is 0 Å². The van der Waals surface area contributed by atoms with Crippen LogP contribution in [0.4, 0.5) is 0 Å². The second-order valence-electron chi connectivity index (χ2n) is 4.35. The Morgan fingerprint density at radius 1 is 1.32 bits per heavy atom. The molecule has 1 heterocycles. The second-order valence-corrected chi connectivity index (χ2v) is 4.79. The molecular formula is C13H12ClN3O2. The highest BCUT2D eigenvalue weighted by atomic mass is 35.5. The summed E-state index contributed by atoms with van der Waals surface area (Å²) in [6, 6.07) is 7.50. The molecule has 0 N–H and O–H groups in total. The normalized spacial score (nSPS) is 16.4. The average Bonchev–Trinajstić information content (AvgIpc) is 2.88. The summed E-state index contributed by atoms with van der Waals surface area (Å²) >= 11 is 5.90. The van der Waals surface area contributed by atoms with Crippen molar-refractivity contribution in [2.45, 2.75) is 25.9 Å². The first-order chi connectivity index (χ1) is 9.33. The van der Waals surface area contributed by atoms with E-state index in [0.717, 1.165) is 41.9 Å². The van der Waals surface area contributed by atoms with Gasteiger partial charge in [0.2, 0.25) is 0 Å². The number of aryl methyl sites for hydroxylation is 1. The van der Waals surface area contributed by atoms with E-state index in [4.69, 9.17) is 21.1 Å². The highest BCUT2D eigenvalue weighted by Crippen LogP contribution is 2.18. The van der Waals surface area contributed by atoms with E-state index in [2.05, 4.69) is 15.5 Å². The molecular weight excluding hydrogens is 266 g/mol. The maximum absolute atomic E-state index is 5.90. The minimum atomic E-state index is 0.380. The second kappa shape index (κ2) is 5.40. The van der Waals surface area contributed by atoms with E-state index < -0.39 is 0 Å². The van der Waals surface area contributed by atoms with Gasteiger partial charge in [-0.25, -0.2) is 4.63 Å². The van der Waals surface area contributed by atoms with Gasteiger partial charge in [0.1, 0.15) is 18.0 Å². The fourth-order valence-corrected chi connectivity index (χ4v) is 2.24. The molecule has 19 heavy (non-hydrogen) atoms. The van der Waals surface area contributed by atoms with Crippen molar-refractivity contribution in [3.8, 4) is 0 Å². The zero-order valence-electron chi connectivity index (χ0n) is 10.2. The van der Waals surface area contributed by atoms with Crippen molar-refractivity contribution < 1.29 is 9.47 Å². The number of fused-ring (bicyclic) bond motifs is 1. The highest BCUT2D eigenvalue weighted by Gasteiger charge is 2.21. The molecule has 0 radical (unpaired) electrons. The van der Waals surface area contributed by atoms with Crippen LogP contribution in [0.1, 0.15) is 29.8 Å². The number of oxime groups is 1. The van der Waals surface area contributed by atoms with Crippen molar-refractivity contribution in [2.24, 2.45) is 5.16 Å². The van der Waals surface area contributed by atoms with Gasteiger partial charge < -0.3 is 4.84 Å². The van der Waals surface area contributed by atoms with Crippen LogP contribution in [0, 0.1) is 0 Å². The van der Waals surface area contributed by atoms with Crippen molar-refractivity contribution in [3.63, 3.8) is 0 Å². The van der Waals surface area contributed by atoms with Gasteiger partial charge in [-0.2, -0.15) is 0 Å². The lowest BCUT2D eigenvalue weighted by Crippen LogP contribution is -2.12. The third kappa shape index (κ3) is 2.76. The van der Waals surface area contributed by atoms with Gasteiger partial charge in [0.25, 0.3) is 0 Å². The van der Waals surface area contributed by atoms with Crippen LogP contribution in [0.2, 0.25) is 5.02 Å². The van der Waals surface area contributed by atoms with Crippen LogP contribution < -0.4 is 0 Å². The molecule has 2 aromatic rings. The highest BCUT2D eigenvalue weighted by molar-refractivity contribution is 6.30. The van der Waals surface area contributed by atoms with Crippen LogP contribution in [-0.2, 0) is 17.9 Å². The summed E-state index contributed by atoms with van der Waals surface area (Å²) in [5.74, 6) is 0. The Labute approximate surface area is 115 Å². The number of hydrogen-bond donors (Lipinski definition) is 0. The predicted octanol–water partition coefficient (Wildman–Crippen LogP) is 2.98. The molecule has 3 rings (SSSR count). The summed E-state index contributed by atoms with van der Waals surface area (Å²) in [5, 5.41) is 12.5. The molecule has 0 saturated carbocycles. The summed E-state index contributed by atoms with van der Waals surface area (Å²) in [6.07, 6.45) is 2.70. The maximum Gasteiger partial charge on any atom is 0.155 e.